The zero-order chi connectivity index (χ0) is 14.2. The van der Waals surface area contributed by atoms with Crippen molar-refractivity contribution >= 4 is 11.2 Å². The van der Waals surface area contributed by atoms with E-state index >= 15 is 0 Å². The molecular formula is C14H17F2N3O. The van der Waals surface area contributed by atoms with Crippen molar-refractivity contribution in [2.75, 3.05) is 6.61 Å². The van der Waals surface area contributed by atoms with Crippen LogP contribution in [0.2, 0.25) is 0 Å². The number of alkyl halides is 2. The van der Waals surface area contributed by atoms with E-state index < -0.39 is 5.92 Å². The van der Waals surface area contributed by atoms with Gasteiger partial charge in [-0.2, -0.15) is 4.98 Å². The summed E-state index contributed by atoms with van der Waals surface area (Å²) >= 11 is 0. The van der Waals surface area contributed by atoms with E-state index in [2.05, 4.69) is 15.0 Å². The van der Waals surface area contributed by atoms with Crippen LogP contribution in [0.5, 0.6) is 5.88 Å². The topological polar surface area (TPSA) is 50.8 Å². The van der Waals surface area contributed by atoms with E-state index in [9.17, 15) is 8.78 Å². The highest BCUT2D eigenvalue weighted by molar-refractivity contribution is 5.71. The molecule has 0 saturated heterocycles. The van der Waals surface area contributed by atoms with Crippen molar-refractivity contribution < 1.29 is 13.5 Å². The predicted molar refractivity (Wildman–Crippen MR) is 71.2 cm³/mol. The molecule has 2 aromatic rings. The van der Waals surface area contributed by atoms with Gasteiger partial charge in [0.25, 0.3) is 0 Å². The van der Waals surface area contributed by atoms with Gasteiger partial charge < -0.3 is 9.72 Å². The van der Waals surface area contributed by atoms with Crippen molar-refractivity contribution in [3.63, 3.8) is 0 Å². The zero-order valence-electron chi connectivity index (χ0n) is 11.3. The van der Waals surface area contributed by atoms with Gasteiger partial charge in [-0.3, -0.25) is 0 Å². The largest absolute Gasteiger partial charge is 0.478 e. The number of aromatic nitrogens is 3. The van der Waals surface area contributed by atoms with Crippen LogP contribution in [0.4, 0.5) is 8.78 Å². The first-order chi connectivity index (χ1) is 9.57. The number of ether oxygens (including phenoxy) is 1. The molecule has 4 nitrogen and oxygen atoms in total. The van der Waals surface area contributed by atoms with Crippen molar-refractivity contribution in [1.82, 2.24) is 15.0 Å². The summed E-state index contributed by atoms with van der Waals surface area (Å²) in [4.78, 5) is 11.9. The second-order valence-corrected chi connectivity index (χ2v) is 5.21. The van der Waals surface area contributed by atoms with Crippen LogP contribution in [0.3, 0.4) is 0 Å². The van der Waals surface area contributed by atoms with Crippen LogP contribution >= 0.6 is 0 Å². The lowest BCUT2D eigenvalue weighted by Crippen LogP contribution is -2.24. The van der Waals surface area contributed by atoms with Crippen LogP contribution in [0.1, 0.15) is 44.3 Å². The maximum atomic E-state index is 13.2. The van der Waals surface area contributed by atoms with Gasteiger partial charge in [-0.25, -0.2) is 13.8 Å². The van der Waals surface area contributed by atoms with Gasteiger partial charge >= 0.3 is 0 Å². The third-order valence-corrected chi connectivity index (χ3v) is 3.73. The number of pyridine rings is 1. The van der Waals surface area contributed by atoms with Gasteiger partial charge in [0.2, 0.25) is 11.8 Å². The number of imidazole rings is 1. The van der Waals surface area contributed by atoms with Crippen LogP contribution in [0, 0.1) is 0 Å². The quantitative estimate of drug-likeness (QED) is 0.934. The van der Waals surface area contributed by atoms with E-state index in [0.29, 0.717) is 31.0 Å². The minimum Gasteiger partial charge on any atom is -0.478 e. The molecule has 0 spiro atoms. The van der Waals surface area contributed by atoms with Gasteiger partial charge in [0.05, 0.1) is 12.1 Å². The molecule has 0 aromatic carbocycles. The summed E-state index contributed by atoms with van der Waals surface area (Å²) in [6.45, 7) is 2.44. The lowest BCUT2D eigenvalue weighted by atomic mass is 9.86. The summed E-state index contributed by atoms with van der Waals surface area (Å²) in [6.07, 6.45) is 0.801. The Morgan fingerprint density at radius 3 is 2.75 bits per heavy atom. The Labute approximate surface area is 115 Å². The number of aromatic amines is 1. The average Bonchev–Trinajstić information content (AvgIpc) is 2.82. The van der Waals surface area contributed by atoms with E-state index in [0.717, 1.165) is 11.3 Å². The van der Waals surface area contributed by atoms with Crippen molar-refractivity contribution in [2.45, 2.75) is 44.4 Å². The number of rotatable bonds is 3. The fourth-order valence-corrected chi connectivity index (χ4v) is 2.63. The van der Waals surface area contributed by atoms with Crippen LogP contribution in [-0.2, 0) is 0 Å². The molecule has 0 bridgehead atoms. The summed E-state index contributed by atoms with van der Waals surface area (Å²) in [7, 11) is 0. The molecule has 1 aliphatic rings. The maximum absolute atomic E-state index is 13.2. The molecular weight excluding hydrogens is 264 g/mol. The third-order valence-electron chi connectivity index (χ3n) is 3.73. The molecule has 3 rings (SSSR count). The Hall–Kier alpha value is -1.72. The Bertz CT molecular complexity index is 601. The molecule has 108 valence electrons. The Morgan fingerprint density at radius 1 is 1.30 bits per heavy atom. The second kappa shape index (κ2) is 5.00. The number of nitrogens with zero attached hydrogens (tertiary/aromatic N) is 2. The standard InChI is InChI=1S/C14H17F2N3O/c1-2-20-11-4-3-10-13(18-11)19-12(17-10)9-5-7-14(15,16)8-6-9/h3-4,9H,2,5-8H2,1H3,(H,17,18,19). The van der Waals surface area contributed by atoms with Gasteiger partial charge in [0, 0.05) is 24.8 Å². The molecule has 1 fully saturated rings. The fraction of sp³-hybridized carbons (Fsp3) is 0.571. The van der Waals surface area contributed by atoms with Gasteiger partial charge in [-0.15, -0.1) is 0 Å². The van der Waals surface area contributed by atoms with Crippen LogP contribution in [0.15, 0.2) is 12.1 Å². The van der Waals surface area contributed by atoms with E-state index in [-0.39, 0.29) is 18.8 Å². The number of hydrogen-bond donors (Lipinski definition) is 1. The molecule has 1 N–H and O–H groups in total. The smallest absolute Gasteiger partial charge is 0.248 e. The molecule has 20 heavy (non-hydrogen) atoms. The molecule has 6 heteroatoms. The average molecular weight is 281 g/mol. The van der Waals surface area contributed by atoms with Crippen LogP contribution in [0.25, 0.3) is 11.2 Å². The summed E-state index contributed by atoms with van der Waals surface area (Å²) < 4.78 is 31.7. The van der Waals surface area contributed by atoms with Gasteiger partial charge in [0.15, 0.2) is 5.65 Å². The molecule has 0 amide bonds. The van der Waals surface area contributed by atoms with Crippen LogP contribution in [-0.4, -0.2) is 27.5 Å². The van der Waals surface area contributed by atoms with Gasteiger partial charge in [-0.05, 0) is 25.8 Å². The van der Waals surface area contributed by atoms with Gasteiger partial charge in [0.1, 0.15) is 5.82 Å². The van der Waals surface area contributed by atoms with E-state index in [1.165, 1.54) is 0 Å². The lowest BCUT2D eigenvalue weighted by molar-refractivity contribution is -0.0387. The second-order valence-electron chi connectivity index (χ2n) is 5.21. The Kier molecular flexibility index (Phi) is 3.31. The highest BCUT2D eigenvalue weighted by Gasteiger charge is 2.36. The van der Waals surface area contributed by atoms with Crippen molar-refractivity contribution in [1.29, 1.82) is 0 Å². The maximum Gasteiger partial charge on any atom is 0.248 e. The van der Waals surface area contributed by atoms with Crippen molar-refractivity contribution in [3.05, 3.63) is 18.0 Å². The number of nitrogens with one attached hydrogen (secondary N) is 1. The minimum atomic E-state index is -2.51. The fourth-order valence-electron chi connectivity index (χ4n) is 2.63. The summed E-state index contributed by atoms with van der Waals surface area (Å²) in [5.74, 6) is -1.15. The first kappa shape index (κ1) is 13.3. The number of H-pyrrole nitrogens is 1. The van der Waals surface area contributed by atoms with Gasteiger partial charge in [-0.1, -0.05) is 0 Å². The Balaban J connectivity index is 1.82. The molecule has 2 aromatic heterocycles. The third kappa shape index (κ3) is 2.59. The van der Waals surface area contributed by atoms with Crippen LogP contribution < -0.4 is 4.74 Å². The molecule has 0 unspecified atom stereocenters. The highest BCUT2D eigenvalue weighted by Crippen LogP contribution is 2.40. The first-order valence-corrected chi connectivity index (χ1v) is 6.95. The van der Waals surface area contributed by atoms with Crippen molar-refractivity contribution in [2.24, 2.45) is 0 Å². The molecule has 0 radical (unpaired) electrons. The Morgan fingerprint density at radius 2 is 2.05 bits per heavy atom. The molecule has 1 aliphatic carbocycles. The minimum absolute atomic E-state index is 0.0632. The molecule has 0 aliphatic heterocycles. The summed E-state index contributed by atoms with van der Waals surface area (Å²) in [6, 6.07) is 3.64. The highest BCUT2D eigenvalue weighted by atomic mass is 19.3. The molecule has 1 saturated carbocycles. The monoisotopic (exact) mass is 281 g/mol. The van der Waals surface area contributed by atoms with E-state index in [1.807, 2.05) is 13.0 Å². The normalized spacial score (nSPS) is 19.4. The zero-order valence-corrected chi connectivity index (χ0v) is 11.3. The summed E-state index contributed by atoms with van der Waals surface area (Å²) in [5.41, 5.74) is 1.41. The first-order valence-electron chi connectivity index (χ1n) is 6.95. The molecule has 2 heterocycles. The number of fused-ring (bicyclic) bond motifs is 1. The van der Waals surface area contributed by atoms with E-state index in [4.69, 9.17) is 4.74 Å². The summed E-state index contributed by atoms with van der Waals surface area (Å²) in [5, 5.41) is 0. The lowest BCUT2D eigenvalue weighted by Gasteiger charge is -2.26. The number of hydrogen-bond acceptors (Lipinski definition) is 3. The number of halogens is 2. The van der Waals surface area contributed by atoms with Crippen molar-refractivity contribution in [3.8, 4) is 5.88 Å². The van der Waals surface area contributed by atoms with E-state index in [1.54, 1.807) is 6.07 Å². The molecule has 0 atom stereocenters. The predicted octanol–water partition coefficient (Wildman–Crippen LogP) is 3.65. The SMILES string of the molecule is CCOc1ccc2[nH]c(C3CCC(F)(F)CC3)nc2n1.